The van der Waals surface area contributed by atoms with Crippen LogP contribution in [-0.2, 0) is 16.1 Å². The number of aryl methyl sites for hydroxylation is 1. The van der Waals surface area contributed by atoms with E-state index in [1.54, 1.807) is 13.0 Å². The molecule has 10 heteroatoms. The minimum Gasteiger partial charge on any atom is -0.489 e. The van der Waals surface area contributed by atoms with E-state index in [0.717, 1.165) is 96.2 Å². The number of aromatic amines is 1. The summed E-state index contributed by atoms with van der Waals surface area (Å²) in [6.07, 6.45) is 1.86. The normalized spacial score (nSPS) is 16.9. The first-order chi connectivity index (χ1) is 19.4. The van der Waals surface area contributed by atoms with Gasteiger partial charge in [0, 0.05) is 45.9 Å². The van der Waals surface area contributed by atoms with Gasteiger partial charge in [-0.3, -0.25) is 14.8 Å². The van der Waals surface area contributed by atoms with Crippen LogP contribution in [0, 0.1) is 6.92 Å². The average Bonchev–Trinajstić information content (AvgIpc) is 3.54. The van der Waals surface area contributed by atoms with E-state index in [1.165, 1.54) is 0 Å². The molecule has 0 atom stereocenters. The molecule has 4 aromatic rings. The Hall–Kier alpha value is -3.53. The summed E-state index contributed by atoms with van der Waals surface area (Å²) >= 11 is 5.95. The van der Waals surface area contributed by atoms with Crippen molar-refractivity contribution in [2.75, 3.05) is 49.6 Å². The number of ether oxygens (including phenoxy) is 2. The number of hydrogen-bond acceptors (Lipinski definition) is 7. The fourth-order valence-corrected chi connectivity index (χ4v) is 5.74. The van der Waals surface area contributed by atoms with Crippen molar-refractivity contribution in [1.82, 2.24) is 15.1 Å². The topological polar surface area (TPSA) is 95.9 Å². The molecule has 2 aromatic carbocycles. The van der Waals surface area contributed by atoms with Gasteiger partial charge in [0.15, 0.2) is 5.22 Å². The van der Waals surface area contributed by atoms with E-state index in [1.807, 2.05) is 25.1 Å². The summed E-state index contributed by atoms with van der Waals surface area (Å²) in [5.41, 5.74) is 5.74. The molecular weight excluding hydrogens is 530 g/mol. The van der Waals surface area contributed by atoms with Crippen LogP contribution < -0.4 is 15.0 Å². The van der Waals surface area contributed by atoms with Crippen molar-refractivity contribution in [2.24, 2.45) is 0 Å². The van der Waals surface area contributed by atoms with Crippen molar-refractivity contribution >= 4 is 39.8 Å². The van der Waals surface area contributed by atoms with Gasteiger partial charge in [0.05, 0.1) is 47.7 Å². The molecule has 2 N–H and O–H groups in total. The van der Waals surface area contributed by atoms with E-state index in [9.17, 15) is 4.79 Å². The Labute approximate surface area is 238 Å². The summed E-state index contributed by atoms with van der Waals surface area (Å²) in [7, 11) is 0. The van der Waals surface area contributed by atoms with Gasteiger partial charge < -0.3 is 24.1 Å². The number of rotatable bonds is 7. The quantitative estimate of drug-likeness (QED) is 0.301. The van der Waals surface area contributed by atoms with E-state index in [4.69, 9.17) is 25.5 Å². The van der Waals surface area contributed by atoms with Crippen molar-refractivity contribution < 1.29 is 18.7 Å². The summed E-state index contributed by atoms with van der Waals surface area (Å²) in [6, 6.07) is 14.1. The van der Waals surface area contributed by atoms with Crippen LogP contribution in [0.3, 0.4) is 0 Å². The maximum atomic E-state index is 12.0. The number of halogens is 1. The van der Waals surface area contributed by atoms with Crippen LogP contribution in [0.5, 0.6) is 5.75 Å². The summed E-state index contributed by atoms with van der Waals surface area (Å²) in [5.74, 6) is 1.61. The van der Waals surface area contributed by atoms with Gasteiger partial charge >= 0.3 is 0 Å². The zero-order valence-corrected chi connectivity index (χ0v) is 23.6. The van der Waals surface area contributed by atoms with Gasteiger partial charge in [-0.05, 0) is 66.0 Å². The van der Waals surface area contributed by atoms with E-state index in [0.29, 0.717) is 18.4 Å². The van der Waals surface area contributed by atoms with Crippen LogP contribution in [0.25, 0.3) is 22.0 Å². The lowest BCUT2D eigenvalue weighted by atomic mass is 10.0. The number of anilines is 2. The number of H-pyrrole nitrogens is 1. The molecule has 2 aliphatic heterocycles. The smallest absolute Gasteiger partial charge is 0.221 e. The van der Waals surface area contributed by atoms with Crippen molar-refractivity contribution in [3.8, 4) is 16.9 Å². The van der Waals surface area contributed by atoms with Crippen LogP contribution in [0.2, 0.25) is 5.22 Å². The highest BCUT2D eigenvalue weighted by atomic mass is 35.5. The molecule has 2 fully saturated rings. The van der Waals surface area contributed by atoms with Gasteiger partial charge in [0.1, 0.15) is 17.6 Å². The largest absolute Gasteiger partial charge is 0.489 e. The van der Waals surface area contributed by atoms with Gasteiger partial charge in [0.25, 0.3) is 0 Å². The lowest BCUT2D eigenvalue weighted by Gasteiger charge is -2.36. The number of amides is 1. The molecular formula is C30H34ClN5O4. The number of piperazine rings is 1. The number of hydrogen-bond donors (Lipinski definition) is 2. The number of carbonyl (C=O) groups excluding carboxylic acids is 1. The van der Waals surface area contributed by atoms with Crippen LogP contribution in [0.4, 0.5) is 11.4 Å². The zero-order chi connectivity index (χ0) is 27.6. The van der Waals surface area contributed by atoms with Gasteiger partial charge in [-0.15, -0.1) is 0 Å². The first-order valence-corrected chi connectivity index (χ1v) is 14.2. The van der Waals surface area contributed by atoms with E-state index in [-0.39, 0.29) is 12.0 Å². The Bertz CT molecular complexity index is 1500. The monoisotopic (exact) mass is 563 g/mol. The average molecular weight is 564 g/mol. The summed E-state index contributed by atoms with van der Waals surface area (Å²) in [4.78, 5) is 16.7. The number of nitrogens with zero attached hydrogens (tertiary/aromatic N) is 3. The third-order valence-electron chi connectivity index (χ3n) is 7.63. The van der Waals surface area contributed by atoms with Crippen molar-refractivity contribution in [3.63, 3.8) is 0 Å². The number of nitrogens with one attached hydrogen (secondary N) is 2. The van der Waals surface area contributed by atoms with Crippen molar-refractivity contribution in [2.45, 2.75) is 39.3 Å². The number of carbonyl (C=O) groups is 1. The molecule has 0 unspecified atom stereocenters. The lowest BCUT2D eigenvalue weighted by molar-refractivity contribution is -0.114. The predicted molar refractivity (Wildman–Crippen MR) is 156 cm³/mol. The van der Waals surface area contributed by atoms with E-state index in [2.05, 4.69) is 43.5 Å². The zero-order valence-electron chi connectivity index (χ0n) is 22.8. The van der Waals surface area contributed by atoms with Gasteiger partial charge in [0.2, 0.25) is 5.91 Å². The second-order valence-electron chi connectivity index (χ2n) is 10.5. The van der Waals surface area contributed by atoms with Gasteiger partial charge in [-0.2, -0.15) is 5.10 Å². The minimum absolute atomic E-state index is 0.0937. The lowest BCUT2D eigenvalue weighted by Crippen LogP contribution is -2.46. The van der Waals surface area contributed by atoms with Crippen molar-refractivity contribution in [3.05, 3.63) is 59.1 Å². The Kier molecular flexibility index (Phi) is 7.69. The van der Waals surface area contributed by atoms with Crippen LogP contribution in [-0.4, -0.2) is 66.5 Å². The minimum atomic E-state index is -0.0937. The molecule has 0 radical (unpaired) electrons. The third kappa shape index (κ3) is 5.82. The second-order valence-corrected chi connectivity index (χ2v) is 10.9. The number of furan rings is 1. The maximum absolute atomic E-state index is 12.0. The predicted octanol–water partition coefficient (Wildman–Crippen LogP) is 5.62. The van der Waals surface area contributed by atoms with Gasteiger partial charge in [-0.25, -0.2) is 0 Å². The van der Waals surface area contributed by atoms with Crippen molar-refractivity contribution in [1.29, 1.82) is 0 Å². The maximum Gasteiger partial charge on any atom is 0.221 e. The number of benzene rings is 2. The fraction of sp³-hybridized carbons (Fsp3) is 0.400. The van der Waals surface area contributed by atoms with Crippen LogP contribution in [0.15, 0.2) is 46.9 Å². The Morgan fingerprint density at radius 1 is 1.10 bits per heavy atom. The summed E-state index contributed by atoms with van der Waals surface area (Å²) < 4.78 is 17.6. The molecule has 1 amide bonds. The molecule has 4 heterocycles. The Balaban J connectivity index is 1.29. The standard InChI is InChI=1S/C30H34ClN5O4/c1-19-30-26(34-33-19)15-22(17-28(30)39-23-7-13-38-14-8-23)21-3-5-25(32-20(2)37)27(16-21)36-11-9-35(10-12-36)18-24-4-6-29(31)40-24/h3-6,15-17,23H,7-14,18H2,1-2H3,(H,32,37)(H,33,34). The molecule has 2 saturated heterocycles. The molecule has 0 spiro atoms. The molecule has 0 aliphatic carbocycles. The van der Waals surface area contributed by atoms with Crippen LogP contribution in [0.1, 0.15) is 31.2 Å². The Morgan fingerprint density at radius 2 is 1.90 bits per heavy atom. The molecule has 2 aliphatic rings. The fourth-order valence-electron chi connectivity index (χ4n) is 5.58. The highest BCUT2D eigenvalue weighted by molar-refractivity contribution is 6.28. The van der Waals surface area contributed by atoms with Crippen LogP contribution >= 0.6 is 11.6 Å². The molecule has 9 nitrogen and oxygen atoms in total. The first kappa shape index (κ1) is 26.7. The highest BCUT2D eigenvalue weighted by Gasteiger charge is 2.23. The summed E-state index contributed by atoms with van der Waals surface area (Å²) in [5, 5.41) is 12.1. The molecule has 0 bridgehead atoms. The van der Waals surface area contributed by atoms with E-state index >= 15 is 0 Å². The molecule has 2 aromatic heterocycles. The highest BCUT2D eigenvalue weighted by Crippen LogP contribution is 2.38. The number of fused-ring (bicyclic) bond motifs is 1. The molecule has 40 heavy (non-hydrogen) atoms. The number of aromatic nitrogens is 2. The van der Waals surface area contributed by atoms with E-state index < -0.39 is 0 Å². The Morgan fingerprint density at radius 3 is 2.62 bits per heavy atom. The first-order valence-electron chi connectivity index (χ1n) is 13.8. The molecule has 0 saturated carbocycles. The third-order valence-corrected chi connectivity index (χ3v) is 7.84. The molecule has 6 rings (SSSR count). The summed E-state index contributed by atoms with van der Waals surface area (Å²) in [6.45, 7) is 9.06. The molecule has 210 valence electrons. The van der Waals surface area contributed by atoms with Gasteiger partial charge in [-0.1, -0.05) is 6.07 Å². The SMILES string of the molecule is CC(=O)Nc1ccc(-c2cc(OC3CCOCC3)c3c(C)n[nH]c3c2)cc1N1CCN(Cc2ccc(Cl)o2)CC1. The second kappa shape index (κ2) is 11.5.